The summed E-state index contributed by atoms with van der Waals surface area (Å²) in [7, 11) is 0. The maximum absolute atomic E-state index is 11.6. The fourth-order valence-corrected chi connectivity index (χ4v) is 2.76. The minimum atomic E-state index is -0.429. The summed E-state index contributed by atoms with van der Waals surface area (Å²) in [5, 5.41) is 6.81. The maximum Gasteiger partial charge on any atom is 0.335 e. The van der Waals surface area contributed by atoms with Crippen LogP contribution >= 0.6 is 0 Å². The number of hydrogen-bond donors (Lipinski definition) is 1. The minimum Gasteiger partial charge on any atom is -0.492 e. The van der Waals surface area contributed by atoms with E-state index in [-0.39, 0.29) is 5.97 Å². The fourth-order valence-electron chi connectivity index (χ4n) is 2.76. The molecule has 154 valence electrons. The van der Waals surface area contributed by atoms with Gasteiger partial charge in [0.1, 0.15) is 5.75 Å². The van der Waals surface area contributed by atoms with Gasteiger partial charge in [-0.2, -0.15) is 5.10 Å². The lowest BCUT2D eigenvalue weighted by Crippen LogP contribution is -2.26. The second kappa shape index (κ2) is 12.9. The highest BCUT2D eigenvalue weighted by molar-refractivity contribution is 5.74. The van der Waals surface area contributed by atoms with Crippen LogP contribution in [0, 0.1) is 0 Å². The van der Waals surface area contributed by atoms with Gasteiger partial charge >= 0.3 is 5.97 Å². The van der Waals surface area contributed by atoms with Crippen molar-refractivity contribution in [3.63, 3.8) is 0 Å². The third-order valence-corrected chi connectivity index (χ3v) is 4.31. The topological polar surface area (TPSA) is 86.3 Å². The molecule has 0 amide bonds. The Morgan fingerprint density at radius 3 is 2.50 bits per heavy atom. The van der Waals surface area contributed by atoms with Crippen LogP contribution in [0.2, 0.25) is 0 Å². The predicted octanol–water partition coefficient (Wildman–Crippen LogP) is 4.16. The summed E-state index contributed by atoms with van der Waals surface area (Å²) in [5.41, 5.74) is 1.74. The number of carbonyl (C=O) groups excluding carboxylic acids is 1. The van der Waals surface area contributed by atoms with Crippen LogP contribution in [0.1, 0.15) is 52.4 Å². The van der Waals surface area contributed by atoms with Crippen LogP contribution in [-0.2, 0) is 14.3 Å². The highest BCUT2D eigenvalue weighted by Gasteiger charge is 2.17. The Hall–Kier alpha value is -2.41. The van der Waals surface area contributed by atoms with Gasteiger partial charge in [-0.1, -0.05) is 26.2 Å². The van der Waals surface area contributed by atoms with Crippen LogP contribution in [0.5, 0.6) is 5.75 Å². The number of nitrogens with zero attached hydrogens (tertiary/aromatic N) is 2. The Balaban J connectivity index is 1.49. The summed E-state index contributed by atoms with van der Waals surface area (Å²) in [6.07, 6.45) is 8.93. The number of aromatic nitrogens is 3. The lowest BCUT2D eigenvalue weighted by molar-refractivity contribution is -0.157. The number of aromatic amines is 1. The normalized spacial score (nSPS) is 11.9. The lowest BCUT2D eigenvalue weighted by atomic mass is 10.1. The molecule has 1 atom stereocenters. The quantitative estimate of drug-likeness (QED) is 0.386. The summed E-state index contributed by atoms with van der Waals surface area (Å²) in [4.78, 5) is 16.0. The molecule has 1 unspecified atom stereocenters. The van der Waals surface area contributed by atoms with Crippen molar-refractivity contribution in [1.29, 1.82) is 0 Å². The Morgan fingerprint density at radius 1 is 1.07 bits per heavy atom. The van der Waals surface area contributed by atoms with E-state index in [0.717, 1.165) is 49.2 Å². The summed E-state index contributed by atoms with van der Waals surface area (Å²) in [5.74, 6) is 0.524. The van der Waals surface area contributed by atoms with Gasteiger partial charge in [0.2, 0.25) is 0 Å². The molecule has 0 aliphatic heterocycles. The van der Waals surface area contributed by atoms with Gasteiger partial charge in [-0.15, -0.1) is 0 Å². The van der Waals surface area contributed by atoms with E-state index >= 15 is 0 Å². The summed E-state index contributed by atoms with van der Waals surface area (Å²) >= 11 is 0. The highest BCUT2D eigenvalue weighted by atomic mass is 16.6. The first-order chi connectivity index (χ1) is 13.7. The van der Waals surface area contributed by atoms with Gasteiger partial charge in [-0.25, -0.2) is 4.79 Å². The summed E-state index contributed by atoms with van der Waals surface area (Å²) in [6, 6.07) is 5.73. The Labute approximate surface area is 166 Å². The van der Waals surface area contributed by atoms with Crippen LogP contribution in [0.25, 0.3) is 11.4 Å². The van der Waals surface area contributed by atoms with Gasteiger partial charge in [0.25, 0.3) is 0 Å². The third kappa shape index (κ3) is 7.68. The maximum atomic E-state index is 11.6. The minimum absolute atomic E-state index is 0.255. The molecular weight excluding hydrogens is 358 g/mol. The van der Waals surface area contributed by atoms with E-state index in [1.807, 2.05) is 25.1 Å². The molecule has 7 nitrogen and oxygen atoms in total. The molecule has 2 heterocycles. The molecule has 0 spiro atoms. The van der Waals surface area contributed by atoms with E-state index in [0.29, 0.717) is 26.2 Å². The van der Waals surface area contributed by atoms with E-state index in [2.05, 4.69) is 15.2 Å². The largest absolute Gasteiger partial charge is 0.492 e. The van der Waals surface area contributed by atoms with E-state index in [1.54, 1.807) is 19.3 Å². The molecule has 0 aromatic carbocycles. The Kier molecular flexibility index (Phi) is 10.1. The van der Waals surface area contributed by atoms with Crippen molar-refractivity contribution in [1.82, 2.24) is 15.2 Å². The number of esters is 1. The number of rotatable bonds is 14. The number of H-pyrrole nitrogens is 1. The first-order valence-corrected chi connectivity index (χ1v) is 10.1. The highest BCUT2D eigenvalue weighted by Crippen LogP contribution is 2.17. The SMILES string of the molecule is CCOC(=O)C(CC)OCCCCCCCOc1ccc(-c2ccn[nH]2)nc1. The number of ether oxygens (including phenoxy) is 3. The van der Waals surface area contributed by atoms with Crippen molar-refractivity contribution >= 4 is 5.97 Å². The average Bonchev–Trinajstić information content (AvgIpc) is 3.25. The number of carbonyl (C=O) groups is 1. The van der Waals surface area contributed by atoms with E-state index < -0.39 is 6.10 Å². The number of nitrogens with one attached hydrogen (secondary N) is 1. The van der Waals surface area contributed by atoms with Gasteiger partial charge in [0, 0.05) is 12.8 Å². The average molecular weight is 389 g/mol. The van der Waals surface area contributed by atoms with Crippen LogP contribution in [0.15, 0.2) is 30.6 Å². The molecule has 0 saturated heterocycles. The van der Waals surface area contributed by atoms with Crippen molar-refractivity contribution in [2.75, 3.05) is 19.8 Å². The number of unbranched alkanes of at least 4 members (excludes halogenated alkanes) is 4. The molecular formula is C21H31N3O4. The van der Waals surface area contributed by atoms with Crippen LogP contribution in [0.3, 0.4) is 0 Å². The van der Waals surface area contributed by atoms with Crippen molar-refractivity contribution < 1.29 is 19.0 Å². The monoisotopic (exact) mass is 389 g/mol. The van der Waals surface area contributed by atoms with Crippen LogP contribution in [0.4, 0.5) is 0 Å². The predicted molar refractivity (Wildman–Crippen MR) is 107 cm³/mol. The molecule has 28 heavy (non-hydrogen) atoms. The Bertz CT molecular complexity index is 659. The molecule has 7 heteroatoms. The van der Waals surface area contributed by atoms with Gasteiger partial charge in [0.15, 0.2) is 6.10 Å². The lowest BCUT2D eigenvalue weighted by Gasteiger charge is -2.14. The van der Waals surface area contributed by atoms with Gasteiger partial charge in [-0.3, -0.25) is 10.1 Å². The second-order valence-corrected chi connectivity index (χ2v) is 6.49. The molecule has 0 aliphatic rings. The smallest absolute Gasteiger partial charge is 0.335 e. The first-order valence-electron chi connectivity index (χ1n) is 10.1. The zero-order chi connectivity index (χ0) is 20.0. The van der Waals surface area contributed by atoms with Gasteiger partial charge < -0.3 is 14.2 Å². The zero-order valence-electron chi connectivity index (χ0n) is 16.9. The van der Waals surface area contributed by atoms with Gasteiger partial charge in [0.05, 0.1) is 30.8 Å². The molecule has 0 radical (unpaired) electrons. The summed E-state index contributed by atoms with van der Waals surface area (Å²) in [6.45, 7) is 5.42. The van der Waals surface area contributed by atoms with E-state index in [9.17, 15) is 4.79 Å². The van der Waals surface area contributed by atoms with Crippen LogP contribution in [-0.4, -0.2) is 47.1 Å². The molecule has 2 aromatic heterocycles. The van der Waals surface area contributed by atoms with Crippen molar-refractivity contribution in [3.05, 3.63) is 30.6 Å². The first kappa shape index (κ1) is 21.9. The van der Waals surface area contributed by atoms with Crippen molar-refractivity contribution in [2.45, 2.75) is 58.5 Å². The molecule has 2 rings (SSSR count). The van der Waals surface area contributed by atoms with Crippen LogP contribution < -0.4 is 4.74 Å². The molecule has 0 aliphatic carbocycles. The van der Waals surface area contributed by atoms with Crippen molar-refractivity contribution in [3.8, 4) is 17.1 Å². The summed E-state index contributed by atoms with van der Waals surface area (Å²) < 4.78 is 16.3. The molecule has 1 N–H and O–H groups in total. The molecule has 0 saturated carbocycles. The van der Waals surface area contributed by atoms with Crippen molar-refractivity contribution in [2.24, 2.45) is 0 Å². The van der Waals surface area contributed by atoms with E-state index in [1.165, 1.54) is 0 Å². The molecule has 2 aromatic rings. The Morgan fingerprint density at radius 2 is 1.86 bits per heavy atom. The van der Waals surface area contributed by atoms with E-state index in [4.69, 9.17) is 14.2 Å². The third-order valence-electron chi connectivity index (χ3n) is 4.31. The van der Waals surface area contributed by atoms with Gasteiger partial charge in [-0.05, 0) is 44.4 Å². The second-order valence-electron chi connectivity index (χ2n) is 6.49. The number of hydrogen-bond acceptors (Lipinski definition) is 6. The standard InChI is InChI=1S/C21H31N3O4/c1-3-20(21(25)26-4-2)28-15-9-7-5-6-8-14-27-17-10-11-18(22-16-17)19-12-13-23-24-19/h10-13,16,20H,3-9,14-15H2,1-2H3,(H,23,24). The molecule has 0 fully saturated rings. The molecule has 0 bridgehead atoms. The number of pyridine rings is 1. The zero-order valence-corrected chi connectivity index (χ0v) is 16.9. The fraction of sp³-hybridized carbons (Fsp3) is 0.571.